The van der Waals surface area contributed by atoms with Crippen LogP contribution in [-0.4, -0.2) is 0 Å². The van der Waals surface area contributed by atoms with E-state index in [1.807, 2.05) is 0 Å². The first-order chi connectivity index (χ1) is 7.83. The Labute approximate surface area is 102 Å². The van der Waals surface area contributed by atoms with E-state index in [4.69, 9.17) is 0 Å². The van der Waals surface area contributed by atoms with Crippen molar-refractivity contribution in [2.45, 2.75) is 78.1 Å². The van der Waals surface area contributed by atoms with E-state index >= 15 is 0 Å². The molecule has 0 nitrogen and oxygen atoms in total. The van der Waals surface area contributed by atoms with E-state index in [-0.39, 0.29) is 0 Å². The zero-order chi connectivity index (χ0) is 11.6. The summed E-state index contributed by atoms with van der Waals surface area (Å²) in [5.74, 6) is 0. The molecule has 0 amide bonds. The fourth-order valence-electron chi connectivity index (χ4n) is 2.36. The Morgan fingerprint density at radius 3 is 2.12 bits per heavy atom. The Balaban J connectivity index is 1.85. The standard InChI is InChI=1S/C16H28/c1-3-4-5-6-7-8-9-10-11-16-13-12-15(2)14-16/h13-14H,3-12H2,1-2H3. The molecule has 16 heavy (non-hydrogen) atoms. The predicted octanol–water partition coefficient (Wildman–Crippen LogP) is 5.79. The van der Waals surface area contributed by atoms with E-state index in [1.54, 1.807) is 5.57 Å². The van der Waals surface area contributed by atoms with Crippen molar-refractivity contribution in [3.63, 3.8) is 0 Å². The van der Waals surface area contributed by atoms with E-state index in [2.05, 4.69) is 26.0 Å². The van der Waals surface area contributed by atoms with Crippen molar-refractivity contribution in [3.05, 3.63) is 23.3 Å². The summed E-state index contributed by atoms with van der Waals surface area (Å²) in [6.45, 7) is 4.52. The second-order valence-electron chi connectivity index (χ2n) is 5.20. The van der Waals surface area contributed by atoms with Crippen LogP contribution in [0, 0.1) is 0 Å². The maximum atomic E-state index is 2.40. The smallest absolute Gasteiger partial charge is 0.0133 e. The summed E-state index contributed by atoms with van der Waals surface area (Å²) < 4.78 is 0. The van der Waals surface area contributed by atoms with Crippen LogP contribution >= 0.6 is 0 Å². The second-order valence-corrected chi connectivity index (χ2v) is 5.20. The fraction of sp³-hybridized carbons (Fsp3) is 0.750. The summed E-state index contributed by atoms with van der Waals surface area (Å²) in [5, 5.41) is 0. The lowest BCUT2D eigenvalue weighted by molar-refractivity contribution is 0.576. The topological polar surface area (TPSA) is 0 Å². The van der Waals surface area contributed by atoms with Gasteiger partial charge in [-0.3, -0.25) is 0 Å². The molecule has 0 saturated heterocycles. The molecule has 1 aliphatic rings. The van der Waals surface area contributed by atoms with Crippen LogP contribution in [0.15, 0.2) is 23.3 Å². The predicted molar refractivity (Wildman–Crippen MR) is 73.7 cm³/mol. The van der Waals surface area contributed by atoms with Gasteiger partial charge in [0, 0.05) is 0 Å². The van der Waals surface area contributed by atoms with E-state index in [1.165, 1.54) is 69.8 Å². The molecule has 0 aliphatic heterocycles. The summed E-state index contributed by atoms with van der Waals surface area (Å²) in [6, 6.07) is 0. The molecule has 0 aromatic rings. The minimum atomic E-state index is 1.20. The van der Waals surface area contributed by atoms with Crippen LogP contribution < -0.4 is 0 Å². The molecule has 0 heteroatoms. The van der Waals surface area contributed by atoms with Gasteiger partial charge in [-0.1, -0.05) is 75.2 Å². The number of allylic oxidation sites excluding steroid dienone is 4. The molecule has 0 spiro atoms. The van der Waals surface area contributed by atoms with Crippen molar-refractivity contribution in [2.75, 3.05) is 0 Å². The number of rotatable bonds is 9. The van der Waals surface area contributed by atoms with Crippen molar-refractivity contribution in [3.8, 4) is 0 Å². The lowest BCUT2D eigenvalue weighted by Gasteiger charge is -2.01. The van der Waals surface area contributed by atoms with Gasteiger partial charge in [0.15, 0.2) is 0 Å². The SMILES string of the molecule is CCCCCCCCCCC1=CCC(C)=C1. The van der Waals surface area contributed by atoms with E-state index in [0.717, 1.165) is 0 Å². The van der Waals surface area contributed by atoms with E-state index < -0.39 is 0 Å². The molecule has 0 aromatic carbocycles. The third-order valence-corrected chi connectivity index (χ3v) is 3.44. The number of unbranched alkanes of at least 4 members (excludes halogenated alkanes) is 7. The molecule has 0 atom stereocenters. The minimum absolute atomic E-state index is 1.20. The number of hydrogen-bond acceptors (Lipinski definition) is 0. The first kappa shape index (κ1) is 13.5. The van der Waals surface area contributed by atoms with Gasteiger partial charge in [0.25, 0.3) is 0 Å². The maximum Gasteiger partial charge on any atom is -0.0133 e. The highest BCUT2D eigenvalue weighted by Crippen LogP contribution is 2.21. The van der Waals surface area contributed by atoms with Crippen molar-refractivity contribution in [1.82, 2.24) is 0 Å². The van der Waals surface area contributed by atoms with Crippen LogP contribution in [0.25, 0.3) is 0 Å². The van der Waals surface area contributed by atoms with Gasteiger partial charge in [0.1, 0.15) is 0 Å². The van der Waals surface area contributed by atoms with Crippen molar-refractivity contribution in [1.29, 1.82) is 0 Å². The van der Waals surface area contributed by atoms with E-state index in [9.17, 15) is 0 Å². The molecule has 0 fully saturated rings. The van der Waals surface area contributed by atoms with Crippen LogP contribution in [-0.2, 0) is 0 Å². The van der Waals surface area contributed by atoms with Crippen LogP contribution in [0.5, 0.6) is 0 Å². The second kappa shape index (κ2) is 8.61. The zero-order valence-electron chi connectivity index (χ0n) is 11.2. The summed E-state index contributed by atoms with van der Waals surface area (Å²) in [4.78, 5) is 0. The Hall–Kier alpha value is -0.520. The van der Waals surface area contributed by atoms with E-state index in [0.29, 0.717) is 0 Å². The van der Waals surface area contributed by atoms with Crippen LogP contribution in [0.4, 0.5) is 0 Å². The summed E-state index contributed by atoms with van der Waals surface area (Å²) in [7, 11) is 0. The minimum Gasteiger partial charge on any atom is -0.0773 e. The first-order valence-corrected chi connectivity index (χ1v) is 7.19. The normalized spacial score (nSPS) is 15.1. The van der Waals surface area contributed by atoms with Crippen LogP contribution in [0.1, 0.15) is 78.1 Å². The summed E-state index contributed by atoms with van der Waals surface area (Å²) in [5.41, 5.74) is 3.12. The molecule has 0 N–H and O–H groups in total. The molecule has 0 aromatic heterocycles. The molecule has 1 aliphatic carbocycles. The maximum absolute atomic E-state index is 2.40. The van der Waals surface area contributed by atoms with Gasteiger partial charge >= 0.3 is 0 Å². The third-order valence-electron chi connectivity index (χ3n) is 3.44. The monoisotopic (exact) mass is 220 g/mol. The van der Waals surface area contributed by atoms with Crippen molar-refractivity contribution < 1.29 is 0 Å². The van der Waals surface area contributed by atoms with Gasteiger partial charge in [-0.25, -0.2) is 0 Å². The summed E-state index contributed by atoms with van der Waals surface area (Å²) in [6.07, 6.45) is 18.7. The lowest BCUT2D eigenvalue weighted by Crippen LogP contribution is -1.82. The van der Waals surface area contributed by atoms with Gasteiger partial charge in [-0.2, -0.15) is 0 Å². The largest absolute Gasteiger partial charge is 0.0773 e. The molecule has 0 bridgehead atoms. The highest BCUT2D eigenvalue weighted by molar-refractivity contribution is 5.31. The molecule has 1 rings (SSSR count). The highest BCUT2D eigenvalue weighted by atomic mass is 14.1. The molecule has 92 valence electrons. The van der Waals surface area contributed by atoms with Gasteiger partial charge in [-0.15, -0.1) is 0 Å². The fourth-order valence-corrected chi connectivity index (χ4v) is 2.36. The summed E-state index contributed by atoms with van der Waals surface area (Å²) >= 11 is 0. The quantitative estimate of drug-likeness (QED) is 0.431. The van der Waals surface area contributed by atoms with Crippen molar-refractivity contribution >= 4 is 0 Å². The average molecular weight is 220 g/mol. The average Bonchev–Trinajstić information content (AvgIpc) is 2.68. The molecule has 0 heterocycles. The van der Waals surface area contributed by atoms with Crippen molar-refractivity contribution in [2.24, 2.45) is 0 Å². The van der Waals surface area contributed by atoms with Gasteiger partial charge in [-0.05, 0) is 26.2 Å². The Kier molecular flexibility index (Phi) is 7.29. The first-order valence-electron chi connectivity index (χ1n) is 7.19. The Morgan fingerprint density at radius 2 is 1.56 bits per heavy atom. The van der Waals surface area contributed by atoms with Crippen LogP contribution in [0.3, 0.4) is 0 Å². The van der Waals surface area contributed by atoms with Gasteiger partial charge in [0.05, 0.1) is 0 Å². The molecule has 0 radical (unpaired) electrons. The Morgan fingerprint density at radius 1 is 0.938 bits per heavy atom. The lowest BCUT2D eigenvalue weighted by atomic mass is 10.0. The van der Waals surface area contributed by atoms with Gasteiger partial charge < -0.3 is 0 Å². The number of hydrogen-bond donors (Lipinski definition) is 0. The molecular weight excluding hydrogens is 192 g/mol. The Bertz CT molecular complexity index is 232. The molecule has 0 unspecified atom stereocenters. The highest BCUT2D eigenvalue weighted by Gasteiger charge is 2.01. The molecular formula is C16H28. The van der Waals surface area contributed by atoms with Crippen LogP contribution in [0.2, 0.25) is 0 Å². The van der Waals surface area contributed by atoms with Gasteiger partial charge in [0.2, 0.25) is 0 Å². The molecule has 0 saturated carbocycles. The zero-order valence-corrected chi connectivity index (χ0v) is 11.2. The third kappa shape index (κ3) is 6.15.